The number of nitrogens with zero attached hydrogens (tertiary/aromatic N) is 5. The molecule has 0 saturated carbocycles. The van der Waals surface area contributed by atoms with Crippen LogP contribution < -0.4 is 5.32 Å². The highest BCUT2D eigenvalue weighted by molar-refractivity contribution is 7.99. The van der Waals surface area contributed by atoms with Crippen LogP contribution in [0.5, 0.6) is 0 Å². The topological polar surface area (TPSA) is 93.0 Å². The van der Waals surface area contributed by atoms with E-state index in [2.05, 4.69) is 20.8 Å². The van der Waals surface area contributed by atoms with Gasteiger partial charge >= 0.3 is 6.18 Å². The Labute approximate surface area is 183 Å². The van der Waals surface area contributed by atoms with E-state index >= 15 is 0 Å². The van der Waals surface area contributed by atoms with E-state index in [9.17, 15) is 27.2 Å². The average molecular weight is 468 g/mol. The number of hydrogen-bond acceptors (Lipinski definition) is 6. The zero-order valence-corrected chi connectivity index (χ0v) is 17.3. The maximum absolute atomic E-state index is 13.4. The molecule has 1 heterocycles. The van der Waals surface area contributed by atoms with Crippen LogP contribution in [0.4, 0.5) is 23.2 Å². The number of amides is 2. The molecule has 3 aromatic rings. The van der Waals surface area contributed by atoms with Crippen LogP contribution in [-0.4, -0.2) is 56.3 Å². The number of carbonyl (C=O) groups excluding carboxylic acids is 2. The van der Waals surface area contributed by atoms with Gasteiger partial charge in [0.25, 0.3) is 0 Å². The molecule has 0 bridgehead atoms. The van der Waals surface area contributed by atoms with Gasteiger partial charge in [-0.1, -0.05) is 30.0 Å². The summed E-state index contributed by atoms with van der Waals surface area (Å²) in [6.07, 6.45) is -4.63. The number of tetrazole rings is 1. The lowest BCUT2D eigenvalue weighted by molar-refractivity contribution is -0.137. The van der Waals surface area contributed by atoms with Crippen LogP contribution in [-0.2, 0) is 15.8 Å². The van der Waals surface area contributed by atoms with Crippen molar-refractivity contribution in [1.29, 1.82) is 0 Å². The zero-order valence-electron chi connectivity index (χ0n) is 16.5. The standard InChI is InChI=1S/C19H16F4N6O2S/c1-28(10-16(30)24-15-8-3-2-7-14(15)19(21,22)23)17(31)11-32-18-25-26-27-29(18)13-6-4-5-12(20)9-13/h2-9H,10-11H2,1H3,(H,24,30). The van der Waals surface area contributed by atoms with Gasteiger partial charge < -0.3 is 10.2 Å². The summed E-state index contributed by atoms with van der Waals surface area (Å²) in [5, 5.41) is 13.5. The van der Waals surface area contributed by atoms with Crippen molar-refractivity contribution in [2.45, 2.75) is 11.3 Å². The maximum Gasteiger partial charge on any atom is 0.418 e. The van der Waals surface area contributed by atoms with Gasteiger partial charge in [-0.2, -0.15) is 17.9 Å². The number of halogens is 4. The second kappa shape index (κ2) is 9.77. The molecule has 0 aliphatic rings. The summed E-state index contributed by atoms with van der Waals surface area (Å²) >= 11 is 0.960. The highest BCUT2D eigenvalue weighted by Gasteiger charge is 2.33. The lowest BCUT2D eigenvalue weighted by Crippen LogP contribution is -2.36. The molecule has 0 aliphatic heterocycles. The average Bonchev–Trinajstić information content (AvgIpc) is 3.20. The summed E-state index contributed by atoms with van der Waals surface area (Å²) in [4.78, 5) is 25.6. The molecule has 32 heavy (non-hydrogen) atoms. The summed E-state index contributed by atoms with van der Waals surface area (Å²) in [6.45, 7) is -0.458. The van der Waals surface area contributed by atoms with Crippen LogP contribution in [0.1, 0.15) is 5.56 Å². The smallest absolute Gasteiger partial charge is 0.336 e. The third-order valence-corrected chi connectivity index (χ3v) is 5.04. The van der Waals surface area contributed by atoms with E-state index in [0.29, 0.717) is 5.69 Å². The number of aromatic nitrogens is 4. The highest BCUT2D eigenvalue weighted by atomic mass is 32.2. The number of hydrogen-bond donors (Lipinski definition) is 1. The van der Waals surface area contributed by atoms with Gasteiger partial charge in [0.1, 0.15) is 5.82 Å². The fourth-order valence-corrected chi connectivity index (χ4v) is 3.44. The molecule has 0 fully saturated rings. The molecule has 0 atom stereocenters. The second-order valence-corrected chi connectivity index (χ2v) is 7.43. The fourth-order valence-electron chi connectivity index (χ4n) is 2.61. The lowest BCUT2D eigenvalue weighted by atomic mass is 10.1. The highest BCUT2D eigenvalue weighted by Crippen LogP contribution is 2.34. The summed E-state index contributed by atoms with van der Waals surface area (Å²) in [6, 6.07) is 10.1. The van der Waals surface area contributed by atoms with Crippen LogP contribution in [0.25, 0.3) is 5.69 Å². The number of nitrogens with one attached hydrogen (secondary N) is 1. The van der Waals surface area contributed by atoms with Crippen molar-refractivity contribution in [3.63, 3.8) is 0 Å². The van der Waals surface area contributed by atoms with Gasteiger partial charge in [0.15, 0.2) is 0 Å². The van der Waals surface area contributed by atoms with Gasteiger partial charge in [0, 0.05) is 7.05 Å². The zero-order chi connectivity index (χ0) is 23.3. The Morgan fingerprint density at radius 1 is 1.16 bits per heavy atom. The van der Waals surface area contributed by atoms with Crippen LogP contribution in [0, 0.1) is 5.82 Å². The van der Waals surface area contributed by atoms with Crippen molar-refractivity contribution in [2.75, 3.05) is 24.7 Å². The Hall–Kier alpha value is -3.48. The first-order valence-electron chi connectivity index (χ1n) is 9.02. The molecular formula is C19H16F4N6O2S. The predicted octanol–water partition coefficient (Wildman–Crippen LogP) is 3.01. The maximum atomic E-state index is 13.4. The first-order valence-corrected chi connectivity index (χ1v) is 10.0. The monoisotopic (exact) mass is 468 g/mol. The van der Waals surface area contributed by atoms with Crippen LogP contribution in [0.3, 0.4) is 0 Å². The molecule has 13 heteroatoms. The van der Waals surface area contributed by atoms with Crippen molar-refractivity contribution >= 4 is 29.3 Å². The minimum absolute atomic E-state index is 0.154. The van der Waals surface area contributed by atoms with Gasteiger partial charge in [0.2, 0.25) is 17.0 Å². The molecule has 1 aromatic heterocycles. The Morgan fingerprint density at radius 2 is 1.91 bits per heavy atom. The van der Waals surface area contributed by atoms with E-state index in [1.807, 2.05) is 0 Å². The lowest BCUT2D eigenvalue weighted by Gasteiger charge is -2.18. The molecule has 168 valence electrons. The predicted molar refractivity (Wildman–Crippen MR) is 108 cm³/mol. The van der Waals surface area contributed by atoms with Crippen LogP contribution in [0.2, 0.25) is 0 Å². The summed E-state index contributed by atoms with van der Waals surface area (Å²) in [5.74, 6) is -1.91. The van der Waals surface area contributed by atoms with E-state index in [-0.39, 0.29) is 10.9 Å². The van der Waals surface area contributed by atoms with Gasteiger partial charge in [-0.25, -0.2) is 4.39 Å². The van der Waals surface area contributed by atoms with Crippen molar-refractivity contribution < 1.29 is 27.2 Å². The molecule has 8 nitrogen and oxygen atoms in total. The Bertz CT molecular complexity index is 1120. The fraction of sp³-hybridized carbons (Fsp3) is 0.211. The summed E-state index contributed by atoms with van der Waals surface area (Å²) in [7, 11) is 1.34. The molecule has 0 aliphatic carbocycles. The van der Waals surface area contributed by atoms with Crippen molar-refractivity contribution in [3.05, 3.63) is 59.9 Å². The van der Waals surface area contributed by atoms with Crippen molar-refractivity contribution in [1.82, 2.24) is 25.1 Å². The number of rotatable bonds is 7. The minimum Gasteiger partial charge on any atom is -0.336 e. The van der Waals surface area contributed by atoms with Gasteiger partial charge in [-0.05, 0) is 40.8 Å². The van der Waals surface area contributed by atoms with Crippen LogP contribution >= 0.6 is 11.8 Å². The first kappa shape index (κ1) is 23.2. The molecule has 0 saturated heterocycles. The number of para-hydroxylation sites is 1. The molecule has 0 spiro atoms. The van der Waals surface area contributed by atoms with Gasteiger partial charge in [-0.3, -0.25) is 9.59 Å². The van der Waals surface area contributed by atoms with E-state index in [1.165, 1.54) is 42.1 Å². The number of anilines is 1. The molecule has 0 unspecified atom stereocenters. The largest absolute Gasteiger partial charge is 0.418 e. The van der Waals surface area contributed by atoms with Crippen LogP contribution in [0.15, 0.2) is 53.7 Å². The summed E-state index contributed by atoms with van der Waals surface area (Å²) in [5.41, 5.74) is -1.02. The molecule has 2 amide bonds. The number of carbonyl (C=O) groups is 2. The van der Waals surface area contributed by atoms with E-state index in [4.69, 9.17) is 0 Å². The molecule has 0 radical (unpaired) electrons. The van der Waals surface area contributed by atoms with E-state index in [0.717, 1.165) is 28.8 Å². The number of alkyl halides is 3. The van der Waals surface area contributed by atoms with Gasteiger partial charge in [0.05, 0.1) is 29.2 Å². The Balaban J connectivity index is 1.58. The normalized spacial score (nSPS) is 11.3. The van der Waals surface area contributed by atoms with Crippen molar-refractivity contribution in [3.8, 4) is 5.69 Å². The molecule has 2 aromatic carbocycles. The minimum atomic E-state index is -4.63. The van der Waals surface area contributed by atoms with E-state index in [1.54, 1.807) is 6.07 Å². The quantitative estimate of drug-likeness (QED) is 0.423. The molecule has 1 N–H and O–H groups in total. The molecule has 3 rings (SSSR count). The number of likely N-dealkylation sites (N-methyl/N-ethyl adjacent to an activating group) is 1. The third-order valence-electron chi connectivity index (χ3n) is 4.13. The van der Waals surface area contributed by atoms with Crippen molar-refractivity contribution in [2.24, 2.45) is 0 Å². The Kier molecular flexibility index (Phi) is 7.08. The SMILES string of the molecule is CN(CC(=O)Nc1ccccc1C(F)(F)F)C(=O)CSc1nnnn1-c1cccc(F)c1. The second-order valence-electron chi connectivity index (χ2n) is 6.48. The number of benzene rings is 2. The molecular weight excluding hydrogens is 452 g/mol. The number of thioether (sulfide) groups is 1. The van der Waals surface area contributed by atoms with E-state index < -0.39 is 41.6 Å². The Morgan fingerprint density at radius 3 is 2.62 bits per heavy atom. The third kappa shape index (κ3) is 5.81. The first-order chi connectivity index (χ1) is 15.1. The summed E-state index contributed by atoms with van der Waals surface area (Å²) < 4.78 is 53.8. The van der Waals surface area contributed by atoms with Gasteiger partial charge in [-0.15, -0.1) is 5.10 Å².